The first-order valence-electron chi connectivity index (χ1n) is 11.3. The molecule has 1 saturated carbocycles. The minimum atomic E-state index is -0.132. The molecule has 168 valence electrons. The van der Waals surface area contributed by atoms with E-state index in [2.05, 4.69) is 19.9 Å². The summed E-state index contributed by atoms with van der Waals surface area (Å²) in [6.45, 7) is 5.79. The topological polar surface area (TPSA) is 125 Å². The second-order valence-corrected chi connectivity index (χ2v) is 8.56. The summed E-state index contributed by atoms with van der Waals surface area (Å²) in [5.74, 6) is 1.97. The highest BCUT2D eigenvalue weighted by atomic mass is 16.5. The Morgan fingerprint density at radius 1 is 1.19 bits per heavy atom. The van der Waals surface area contributed by atoms with E-state index >= 15 is 0 Å². The lowest BCUT2D eigenvalue weighted by Crippen LogP contribution is -2.41. The molecule has 10 heteroatoms. The molecule has 1 amide bonds. The summed E-state index contributed by atoms with van der Waals surface area (Å²) in [5.41, 5.74) is 8.26. The third kappa shape index (κ3) is 3.68. The first kappa shape index (κ1) is 20.7. The second-order valence-electron chi connectivity index (χ2n) is 8.56. The molecule has 5 rings (SSSR count). The van der Waals surface area contributed by atoms with Crippen LogP contribution in [0, 0.1) is 12.8 Å². The van der Waals surface area contributed by atoms with Crippen molar-refractivity contribution in [1.29, 1.82) is 0 Å². The van der Waals surface area contributed by atoms with Gasteiger partial charge in [0.05, 0.1) is 18.0 Å². The highest BCUT2D eigenvalue weighted by Crippen LogP contribution is 2.30. The molecule has 3 atom stereocenters. The summed E-state index contributed by atoms with van der Waals surface area (Å²) < 4.78 is 8.25. The molecule has 0 bridgehead atoms. The van der Waals surface area contributed by atoms with E-state index in [-0.39, 0.29) is 24.0 Å². The number of carbonyl (C=O) groups excluding carboxylic acids is 1. The van der Waals surface area contributed by atoms with Gasteiger partial charge in [-0.05, 0) is 26.7 Å². The normalized spacial score (nSPS) is 23.2. The SMILES string of the molecule is CCn1c(-c2cnc(C)nc2)nc2c(O[C@H]3CCN(C(=O)[C@@H]4CCC[C@H]4N)C3)ncnc21. The highest BCUT2D eigenvalue weighted by Gasteiger charge is 2.37. The van der Waals surface area contributed by atoms with Crippen molar-refractivity contribution in [2.75, 3.05) is 13.1 Å². The third-order valence-electron chi connectivity index (χ3n) is 6.48. The number of carbonyl (C=O) groups is 1. The van der Waals surface area contributed by atoms with Gasteiger partial charge in [-0.1, -0.05) is 6.42 Å². The van der Waals surface area contributed by atoms with Gasteiger partial charge in [-0.2, -0.15) is 4.98 Å². The number of aromatic nitrogens is 6. The molecular weight excluding hydrogens is 408 g/mol. The number of ether oxygens (including phenoxy) is 1. The summed E-state index contributed by atoms with van der Waals surface area (Å²) in [6.07, 6.45) is 8.48. The van der Waals surface area contributed by atoms with Crippen LogP contribution < -0.4 is 10.5 Å². The fourth-order valence-electron chi connectivity index (χ4n) is 4.74. The van der Waals surface area contributed by atoms with Crippen molar-refractivity contribution >= 4 is 17.1 Å². The van der Waals surface area contributed by atoms with Gasteiger partial charge in [0, 0.05) is 37.9 Å². The van der Waals surface area contributed by atoms with Gasteiger partial charge in [0.15, 0.2) is 11.2 Å². The molecule has 0 unspecified atom stereocenters. The molecule has 32 heavy (non-hydrogen) atoms. The molecule has 3 aromatic rings. The summed E-state index contributed by atoms with van der Waals surface area (Å²) in [5, 5.41) is 0. The van der Waals surface area contributed by atoms with Crippen LogP contribution in [0.5, 0.6) is 5.88 Å². The fourth-order valence-corrected chi connectivity index (χ4v) is 4.74. The van der Waals surface area contributed by atoms with E-state index in [4.69, 9.17) is 15.5 Å². The zero-order valence-electron chi connectivity index (χ0n) is 18.4. The number of rotatable bonds is 5. The largest absolute Gasteiger partial charge is 0.471 e. The van der Waals surface area contributed by atoms with Crippen molar-refractivity contribution in [1.82, 2.24) is 34.4 Å². The predicted octanol–water partition coefficient (Wildman–Crippen LogP) is 1.72. The number of aryl methyl sites for hydroxylation is 2. The number of fused-ring (bicyclic) bond motifs is 1. The van der Waals surface area contributed by atoms with Crippen molar-refractivity contribution in [3.05, 3.63) is 24.5 Å². The molecule has 10 nitrogen and oxygen atoms in total. The standard InChI is InChI=1S/C22H28N8O2/c1-3-30-19(14-9-24-13(2)25-10-14)28-18-20(30)26-12-27-21(18)32-15-7-8-29(11-15)22(31)16-5-4-6-17(16)23/h9-10,12,15-17H,3-8,11,23H2,1-2H3/t15-,16+,17+/m0/s1. The number of hydrogen-bond acceptors (Lipinski definition) is 8. The summed E-state index contributed by atoms with van der Waals surface area (Å²) in [4.78, 5) is 36.9. The summed E-state index contributed by atoms with van der Waals surface area (Å²) in [7, 11) is 0. The lowest BCUT2D eigenvalue weighted by atomic mass is 10.0. The van der Waals surface area contributed by atoms with Crippen molar-refractivity contribution in [2.24, 2.45) is 11.7 Å². The van der Waals surface area contributed by atoms with Crippen LogP contribution in [0.4, 0.5) is 0 Å². The van der Waals surface area contributed by atoms with Gasteiger partial charge in [-0.3, -0.25) is 4.79 Å². The van der Waals surface area contributed by atoms with Crippen LogP contribution in [0.1, 0.15) is 38.4 Å². The van der Waals surface area contributed by atoms with Crippen molar-refractivity contribution in [3.8, 4) is 17.3 Å². The lowest BCUT2D eigenvalue weighted by Gasteiger charge is -2.23. The quantitative estimate of drug-likeness (QED) is 0.641. The van der Waals surface area contributed by atoms with Crippen LogP contribution >= 0.6 is 0 Å². The van der Waals surface area contributed by atoms with Crippen LogP contribution in [0.15, 0.2) is 18.7 Å². The maximum absolute atomic E-state index is 12.9. The first-order chi connectivity index (χ1) is 15.5. The van der Waals surface area contributed by atoms with E-state index in [1.807, 2.05) is 23.3 Å². The van der Waals surface area contributed by atoms with Crippen molar-refractivity contribution in [3.63, 3.8) is 0 Å². The number of hydrogen-bond donors (Lipinski definition) is 1. The van der Waals surface area contributed by atoms with E-state index in [0.29, 0.717) is 42.5 Å². The molecule has 3 aromatic heterocycles. The molecule has 2 aliphatic rings. The minimum Gasteiger partial charge on any atom is -0.471 e. The third-order valence-corrected chi connectivity index (χ3v) is 6.48. The first-order valence-corrected chi connectivity index (χ1v) is 11.3. The Morgan fingerprint density at radius 3 is 2.72 bits per heavy atom. The molecule has 1 saturated heterocycles. The monoisotopic (exact) mass is 436 g/mol. The molecule has 2 fully saturated rings. The Hall–Kier alpha value is -3.14. The van der Waals surface area contributed by atoms with Gasteiger partial charge < -0.3 is 19.9 Å². The van der Waals surface area contributed by atoms with Gasteiger partial charge in [-0.15, -0.1) is 0 Å². The van der Waals surface area contributed by atoms with Gasteiger partial charge in [0.2, 0.25) is 11.8 Å². The Morgan fingerprint density at radius 2 is 2.00 bits per heavy atom. The van der Waals surface area contributed by atoms with E-state index < -0.39 is 0 Å². The van der Waals surface area contributed by atoms with Gasteiger partial charge in [-0.25, -0.2) is 19.9 Å². The van der Waals surface area contributed by atoms with E-state index in [0.717, 1.165) is 37.1 Å². The van der Waals surface area contributed by atoms with Crippen LogP contribution in [-0.4, -0.2) is 65.5 Å². The van der Waals surface area contributed by atoms with Crippen LogP contribution in [0.3, 0.4) is 0 Å². The highest BCUT2D eigenvalue weighted by molar-refractivity contribution is 5.81. The molecule has 2 N–H and O–H groups in total. The molecule has 0 spiro atoms. The molecule has 1 aliphatic carbocycles. The number of imidazole rings is 1. The van der Waals surface area contributed by atoms with Crippen LogP contribution in [0.25, 0.3) is 22.6 Å². The molecule has 0 radical (unpaired) electrons. The minimum absolute atomic E-state index is 0.0221. The summed E-state index contributed by atoms with van der Waals surface area (Å²) in [6, 6.07) is -0.0221. The Labute approximate surface area is 186 Å². The number of nitrogens with two attached hydrogens (primary N) is 1. The van der Waals surface area contributed by atoms with Gasteiger partial charge >= 0.3 is 0 Å². The van der Waals surface area contributed by atoms with Crippen LogP contribution in [-0.2, 0) is 11.3 Å². The number of nitrogens with zero attached hydrogens (tertiary/aromatic N) is 7. The van der Waals surface area contributed by atoms with Gasteiger partial charge in [0.1, 0.15) is 24.1 Å². The van der Waals surface area contributed by atoms with Crippen LogP contribution in [0.2, 0.25) is 0 Å². The maximum atomic E-state index is 12.9. The molecule has 0 aromatic carbocycles. The predicted molar refractivity (Wildman–Crippen MR) is 118 cm³/mol. The number of likely N-dealkylation sites (tertiary alicyclic amines) is 1. The van der Waals surface area contributed by atoms with E-state index in [1.165, 1.54) is 6.33 Å². The Balaban J connectivity index is 1.38. The van der Waals surface area contributed by atoms with E-state index in [1.54, 1.807) is 12.4 Å². The van der Waals surface area contributed by atoms with Crippen molar-refractivity contribution in [2.45, 2.75) is 58.2 Å². The van der Waals surface area contributed by atoms with Gasteiger partial charge in [0.25, 0.3) is 0 Å². The van der Waals surface area contributed by atoms with E-state index in [9.17, 15) is 4.79 Å². The van der Waals surface area contributed by atoms with Crippen molar-refractivity contribution < 1.29 is 9.53 Å². The smallest absolute Gasteiger partial charge is 0.245 e. The molecule has 4 heterocycles. The zero-order chi connectivity index (χ0) is 22.2. The summed E-state index contributed by atoms with van der Waals surface area (Å²) >= 11 is 0. The second kappa shape index (κ2) is 8.42. The number of amides is 1. The average molecular weight is 437 g/mol. The fraction of sp³-hybridized carbons (Fsp3) is 0.545. The molecular formula is C22H28N8O2. The Kier molecular flexibility index (Phi) is 5.46. The average Bonchev–Trinajstić information content (AvgIpc) is 3.52. The lowest BCUT2D eigenvalue weighted by molar-refractivity contribution is -0.134. The maximum Gasteiger partial charge on any atom is 0.245 e. The molecule has 1 aliphatic heterocycles. The Bertz CT molecular complexity index is 1130. The zero-order valence-corrected chi connectivity index (χ0v) is 18.4.